The molecule has 0 aromatic carbocycles. The second kappa shape index (κ2) is 16.0. The van der Waals surface area contributed by atoms with Crippen molar-refractivity contribution in [1.82, 2.24) is 0 Å². The fourth-order valence-corrected chi connectivity index (χ4v) is 3.73. The second-order valence-electron chi connectivity index (χ2n) is 7.70. The lowest BCUT2D eigenvalue weighted by Crippen LogP contribution is -2.36. The van der Waals surface area contributed by atoms with Crippen molar-refractivity contribution < 1.29 is 4.79 Å². The van der Waals surface area contributed by atoms with Crippen LogP contribution >= 0.6 is 0 Å². The molecule has 0 saturated heterocycles. The molecule has 0 aromatic heterocycles. The van der Waals surface area contributed by atoms with Gasteiger partial charge in [0.25, 0.3) is 0 Å². The predicted octanol–water partition coefficient (Wildman–Crippen LogP) is 7.15. The van der Waals surface area contributed by atoms with Gasteiger partial charge in [0.15, 0.2) is 0 Å². The average Bonchev–Trinajstić information content (AvgIpc) is 2.63. The van der Waals surface area contributed by atoms with E-state index in [-0.39, 0.29) is 11.3 Å². The summed E-state index contributed by atoms with van der Waals surface area (Å²) in [5.41, 5.74) is 5.32. The van der Waals surface area contributed by atoms with Gasteiger partial charge in [-0.2, -0.15) is 0 Å². The fraction of sp³-hybridized carbons (Fsp3) is 0.955. The third-order valence-corrected chi connectivity index (χ3v) is 5.89. The summed E-state index contributed by atoms with van der Waals surface area (Å²) in [5.74, 6) is -0.101. The van der Waals surface area contributed by atoms with Crippen LogP contribution in [0.5, 0.6) is 0 Å². The maximum atomic E-state index is 11.5. The summed E-state index contributed by atoms with van der Waals surface area (Å²) in [6.45, 7) is 6.41. The molecule has 1 fully saturated rings. The van der Waals surface area contributed by atoms with Gasteiger partial charge >= 0.3 is 0 Å². The summed E-state index contributed by atoms with van der Waals surface area (Å²) in [6, 6.07) is 0. The quantitative estimate of drug-likeness (QED) is 0.377. The standard InChI is InChI=1S/C16H33NO.C6H12/c1-4-7-8-9-10-11-12-13-14-16(5-2,6-3)15(17)18;1-2-4-6-5-3-1/h4-14H2,1-3H3,(H2,17,18);1-6H2. The molecule has 0 aromatic rings. The molecule has 1 saturated carbocycles. The van der Waals surface area contributed by atoms with Gasteiger partial charge < -0.3 is 5.73 Å². The summed E-state index contributed by atoms with van der Waals surface area (Å²) < 4.78 is 0. The fourth-order valence-electron chi connectivity index (χ4n) is 3.73. The summed E-state index contributed by atoms with van der Waals surface area (Å²) >= 11 is 0. The van der Waals surface area contributed by atoms with E-state index in [2.05, 4.69) is 20.8 Å². The lowest BCUT2D eigenvalue weighted by atomic mass is 9.77. The van der Waals surface area contributed by atoms with Crippen molar-refractivity contribution in [1.29, 1.82) is 0 Å². The van der Waals surface area contributed by atoms with Crippen LogP contribution in [0, 0.1) is 5.41 Å². The minimum atomic E-state index is -0.234. The molecule has 1 rings (SSSR count). The first-order valence-corrected chi connectivity index (χ1v) is 10.9. The monoisotopic (exact) mass is 339 g/mol. The molecule has 0 spiro atoms. The van der Waals surface area contributed by atoms with Crippen LogP contribution in [0.15, 0.2) is 0 Å². The molecular formula is C22H45NO. The number of carbonyl (C=O) groups is 1. The number of amides is 1. The van der Waals surface area contributed by atoms with Gasteiger partial charge in [-0.05, 0) is 19.3 Å². The van der Waals surface area contributed by atoms with Gasteiger partial charge in [-0.25, -0.2) is 0 Å². The zero-order chi connectivity index (χ0) is 18.1. The van der Waals surface area contributed by atoms with E-state index < -0.39 is 0 Å². The average molecular weight is 340 g/mol. The molecule has 0 aliphatic heterocycles. The topological polar surface area (TPSA) is 43.1 Å². The molecule has 1 aliphatic rings. The largest absolute Gasteiger partial charge is 0.369 e. The van der Waals surface area contributed by atoms with Crippen LogP contribution in [0.25, 0.3) is 0 Å². The van der Waals surface area contributed by atoms with Crippen LogP contribution in [-0.4, -0.2) is 5.91 Å². The maximum absolute atomic E-state index is 11.5. The minimum Gasteiger partial charge on any atom is -0.369 e. The first kappa shape index (κ1) is 23.5. The highest BCUT2D eigenvalue weighted by Crippen LogP contribution is 2.32. The number of primary amides is 1. The Kier molecular flexibility index (Phi) is 15.6. The number of hydrogen-bond donors (Lipinski definition) is 1. The van der Waals surface area contributed by atoms with E-state index in [0.717, 1.165) is 25.7 Å². The minimum absolute atomic E-state index is 0.101. The molecular weight excluding hydrogens is 294 g/mol. The number of carbonyl (C=O) groups excluding carboxylic acids is 1. The Morgan fingerprint density at radius 3 is 1.42 bits per heavy atom. The van der Waals surface area contributed by atoms with Crippen LogP contribution in [0.4, 0.5) is 0 Å². The summed E-state index contributed by atoms with van der Waals surface area (Å²) in [4.78, 5) is 11.5. The molecule has 0 radical (unpaired) electrons. The summed E-state index contributed by atoms with van der Waals surface area (Å²) in [5, 5.41) is 0. The van der Waals surface area contributed by atoms with Crippen LogP contribution < -0.4 is 5.73 Å². The van der Waals surface area contributed by atoms with Crippen LogP contribution in [0.2, 0.25) is 0 Å². The number of hydrogen-bond acceptors (Lipinski definition) is 1. The van der Waals surface area contributed by atoms with Crippen molar-refractivity contribution in [2.45, 2.75) is 130 Å². The highest BCUT2D eigenvalue weighted by atomic mass is 16.1. The Morgan fingerprint density at radius 1 is 0.708 bits per heavy atom. The molecule has 0 bridgehead atoms. The van der Waals surface area contributed by atoms with Crippen molar-refractivity contribution in [2.75, 3.05) is 0 Å². The molecule has 24 heavy (non-hydrogen) atoms. The van der Waals surface area contributed by atoms with E-state index in [1.54, 1.807) is 0 Å². The van der Waals surface area contributed by atoms with Crippen molar-refractivity contribution in [2.24, 2.45) is 11.1 Å². The van der Waals surface area contributed by atoms with Crippen molar-refractivity contribution in [3.05, 3.63) is 0 Å². The Bertz CT molecular complexity index is 268. The number of unbranched alkanes of at least 4 members (excludes halogenated alkanes) is 7. The van der Waals surface area contributed by atoms with Gasteiger partial charge in [0.1, 0.15) is 0 Å². The van der Waals surface area contributed by atoms with Crippen molar-refractivity contribution in [3.63, 3.8) is 0 Å². The van der Waals surface area contributed by atoms with E-state index in [0.29, 0.717) is 0 Å². The highest BCUT2D eigenvalue weighted by Gasteiger charge is 2.31. The third kappa shape index (κ3) is 11.1. The summed E-state index contributed by atoms with van der Waals surface area (Å²) in [7, 11) is 0. The Morgan fingerprint density at radius 2 is 1.08 bits per heavy atom. The molecule has 2 heteroatoms. The Hall–Kier alpha value is -0.530. The molecule has 1 amide bonds. The molecule has 0 unspecified atom stereocenters. The molecule has 0 heterocycles. The maximum Gasteiger partial charge on any atom is 0.223 e. The highest BCUT2D eigenvalue weighted by molar-refractivity contribution is 5.80. The zero-order valence-corrected chi connectivity index (χ0v) is 17.0. The normalized spacial score (nSPS) is 14.8. The van der Waals surface area contributed by atoms with Gasteiger partial charge in [-0.3, -0.25) is 4.79 Å². The van der Waals surface area contributed by atoms with E-state index in [1.807, 2.05) is 0 Å². The smallest absolute Gasteiger partial charge is 0.223 e. The van der Waals surface area contributed by atoms with Gasteiger partial charge in [0.05, 0.1) is 0 Å². The Labute approximate surface area is 152 Å². The molecule has 144 valence electrons. The first-order chi connectivity index (χ1) is 11.6. The second-order valence-corrected chi connectivity index (χ2v) is 7.70. The number of nitrogens with two attached hydrogens (primary N) is 1. The Balaban J connectivity index is 0.000000728. The van der Waals surface area contributed by atoms with Crippen molar-refractivity contribution in [3.8, 4) is 0 Å². The summed E-state index contributed by atoms with van der Waals surface area (Å²) in [6.07, 6.45) is 22.2. The van der Waals surface area contributed by atoms with Crippen LogP contribution in [-0.2, 0) is 4.79 Å². The van der Waals surface area contributed by atoms with Gasteiger partial charge in [-0.15, -0.1) is 0 Å². The van der Waals surface area contributed by atoms with Gasteiger partial charge in [0.2, 0.25) is 5.91 Å². The van der Waals surface area contributed by atoms with E-state index in [9.17, 15) is 4.79 Å². The molecule has 1 aliphatic carbocycles. The molecule has 2 N–H and O–H groups in total. The van der Waals surface area contributed by atoms with Gasteiger partial charge in [0, 0.05) is 5.41 Å². The first-order valence-electron chi connectivity index (χ1n) is 10.9. The predicted molar refractivity (Wildman–Crippen MR) is 107 cm³/mol. The van der Waals surface area contributed by atoms with E-state index in [4.69, 9.17) is 5.73 Å². The van der Waals surface area contributed by atoms with Gasteiger partial charge in [-0.1, -0.05) is 111 Å². The molecule has 2 nitrogen and oxygen atoms in total. The van der Waals surface area contributed by atoms with E-state index in [1.165, 1.54) is 83.5 Å². The zero-order valence-electron chi connectivity index (χ0n) is 17.0. The van der Waals surface area contributed by atoms with Crippen molar-refractivity contribution >= 4 is 5.91 Å². The SMILES string of the molecule is C1CCCCC1.CCCCCCCCCCC(CC)(CC)C(N)=O. The number of rotatable bonds is 12. The lowest BCUT2D eigenvalue weighted by Gasteiger charge is -2.27. The lowest BCUT2D eigenvalue weighted by molar-refractivity contribution is -0.128. The van der Waals surface area contributed by atoms with Crippen LogP contribution in [0.3, 0.4) is 0 Å². The molecule has 0 atom stereocenters. The van der Waals surface area contributed by atoms with E-state index >= 15 is 0 Å². The van der Waals surface area contributed by atoms with Crippen LogP contribution in [0.1, 0.15) is 130 Å². The third-order valence-electron chi connectivity index (χ3n) is 5.89.